The van der Waals surface area contributed by atoms with Gasteiger partial charge in [0.05, 0.1) is 23.7 Å². The summed E-state index contributed by atoms with van der Waals surface area (Å²) in [6, 6.07) is 21.2. The zero-order chi connectivity index (χ0) is 22.7. The minimum absolute atomic E-state index is 0.0405. The second-order valence-electron chi connectivity index (χ2n) is 7.90. The summed E-state index contributed by atoms with van der Waals surface area (Å²) in [6.45, 7) is 2.73. The molecule has 0 radical (unpaired) electrons. The molecule has 4 rings (SSSR count). The van der Waals surface area contributed by atoms with Gasteiger partial charge < -0.3 is 9.64 Å². The number of para-hydroxylation sites is 2. The van der Waals surface area contributed by atoms with Crippen LogP contribution in [0.2, 0.25) is 0 Å². The van der Waals surface area contributed by atoms with Gasteiger partial charge in [-0.3, -0.25) is 9.52 Å². The Balaban J connectivity index is 1.52. The minimum atomic E-state index is -3.82. The number of benzene rings is 3. The summed E-state index contributed by atoms with van der Waals surface area (Å²) < 4.78 is 33.4. The summed E-state index contributed by atoms with van der Waals surface area (Å²) in [5, 5.41) is 0. The highest BCUT2D eigenvalue weighted by Crippen LogP contribution is 2.33. The molecule has 3 aromatic rings. The van der Waals surface area contributed by atoms with Crippen molar-refractivity contribution in [3.8, 4) is 5.75 Å². The van der Waals surface area contributed by atoms with E-state index >= 15 is 0 Å². The molecule has 1 aliphatic rings. The number of nitrogens with one attached hydrogen (secondary N) is 1. The monoisotopic (exact) mass is 450 g/mol. The number of carbonyl (C=O) groups excluding carboxylic acids is 1. The van der Waals surface area contributed by atoms with Crippen molar-refractivity contribution in [3.63, 3.8) is 0 Å². The Morgan fingerprint density at radius 3 is 2.38 bits per heavy atom. The standard InChI is InChI=1S/C25H26N2O4S/c1-18-9-11-19(12-10-18)23-7-5-17-27(23)25(28)20-13-15-21(16-14-20)32(29,30)26-22-6-3-4-8-24(22)31-2/h3-4,6,8-16,23,26H,5,7,17H2,1-2H3. The van der Waals surface area contributed by atoms with E-state index in [-0.39, 0.29) is 16.8 Å². The van der Waals surface area contributed by atoms with Gasteiger partial charge in [0, 0.05) is 12.1 Å². The van der Waals surface area contributed by atoms with Gasteiger partial charge in [0.1, 0.15) is 5.75 Å². The molecular formula is C25H26N2O4S. The highest BCUT2D eigenvalue weighted by Gasteiger charge is 2.30. The highest BCUT2D eigenvalue weighted by molar-refractivity contribution is 7.92. The first-order chi connectivity index (χ1) is 15.4. The molecule has 0 aromatic heterocycles. The number of aryl methyl sites for hydroxylation is 1. The molecule has 1 heterocycles. The summed E-state index contributed by atoms with van der Waals surface area (Å²) in [6.07, 6.45) is 1.86. The topological polar surface area (TPSA) is 75.7 Å². The normalized spacial score (nSPS) is 16.1. The number of anilines is 1. The van der Waals surface area contributed by atoms with Crippen molar-refractivity contribution >= 4 is 21.6 Å². The number of sulfonamides is 1. The van der Waals surface area contributed by atoms with Gasteiger partial charge in [0.15, 0.2) is 0 Å². The third-order valence-electron chi connectivity index (χ3n) is 5.74. The zero-order valence-electron chi connectivity index (χ0n) is 18.1. The van der Waals surface area contributed by atoms with Crippen LogP contribution < -0.4 is 9.46 Å². The summed E-state index contributed by atoms with van der Waals surface area (Å²) in [5.74, 6) is 0.341. The fourth-order valence-corrected chi connectivity index (χ4v) is 5.09. The second-order valence-corrected chi connectivity index (χ2v) is 9.58. The number of methoxy groups -OCH3 is 1. The van der Waals surface area contributed by atoms with E-state index in [0.29, 0.717) is 23.5 Å². The number of rotatable bonds is 6. The number of hydrogen-bond acceptors (Lipinski definition) is 4. The number of nitrogens with zero attached hydrogens (tertiary/aromatic N) is 1. The average molecular weight is 451 g/mol. The summed E-state index contributed by atoms with van der Waals surface area (Å²) in [4.78, 5) is 15.1. The molecule has 0 saturated carbocycles. The van der Waals surface area contributed by atoms with Crippen molar-refractivity contribution in [3.05, 3.63) is 89.5 Å². The third-order valence-corrected chi connectivity index (χ3v) is 7.12. The van der Waals surface area contributed by atoms with Gasteiger partial charge in [-0.05, 0) is 61.7 Å². The van der Waals surface area contributed by atoms with Crippen molar-refractivity contribution in [1.82, 2.24) is 4.90 Å². The number of likely N-dealkylation sites (tertiary alicyclic amines) is 1. The van der Waals surface area contributed by atoms with E-state index in [2.05, 4.69) is 29.0 Å². The molecule has 7 heteroatoms. The van der Waals surface area contributed by atoms with Crippen LogP contribution in [0.1, 0.15) is 40.4 Å². The Bertz CT molecular complexity index is 1210. The molecule has 0 spiro atoms. The molecule has 166 valence electrons. The molecule has 1 N–H and O–H groups in total. The van der Waals surface area contributed by atoms with Crippen LogP contribution in [0.4, 0.5) is 5.69 Å². The average Bonchev–Trinajstić information content (AvgIpc) is 3.29. The Kier molecular flexibility index (Phi) is 6.19. The van der Waals surface area contributed by atoms with Crippen molar-refractivity contribution in [1.29, 1.82) is 0 Å². The lowest BCUT2D eigenvalue weighted by Crippen LogP contribution is -2.30. The first-order valence-electron chi connectivity index (χ1n) is 10.5. The van der Waals surface area contributed by atoms with Gasteiger partial charge >= 0.3 is 0 Å². The molecule has 0 aliphatic carbocycles. The van der Waals surface area contributed by atoms with Gasteiger partial charge in [-0.1, -0.05) is 42.0 Å². The first-order valence-corrected chi connectivity index (χ1v) is 12.0. The molecule has 0 bridgehead atoms. The largest absolute Gasteiger partial charge is 0.495 e. The van der Waals surface area contributed by atoms with Crippen molar-refractivity contribution in [2.45, 2.75) is 30.7 Å². The lowest BCUT2D eigenvalue weighted by Gasteiger charge is -2.25. The van der Waals surface area contributed by atoms with Crippen LogP contribution in [0.15, 0.2) is 77.7 Å². The molecule has 3 aromatic carbocycles. The van der Waals surface area contributed by atoms with Crippen LogP contribution in [0.3, 0.4) is 0 Å². The van der Waals surface area contributed by atoms with Crippen LogP contribution in [0, 0.1) is 6.92 Å². The molecule has 1 fully saturated rings. The van der Waals surface area contributed by atoms with Crippen molar-refractivity contribution < 1.29 is 17.9 Å². The summed E-state index contributed by atoms with van der Waals surface area (Å²) in [5.41, 5.74) is 3.14. The molecule has 1 saturated heterocycles. The van der Waals surface area contributed by atoms with Crippen LogP contribution in [-0.4, -0.2) is 32.9 Å². The Hall–Kier alpha value is -3.32. The highest BCUT2D eigenvalue weighted by atomic mass is 32.2. The van der Waals surface area contributed by atoms with E-state index < -0.39 is 10.0 Å². The number of amides is 1. The van der Waals surface area contributed by atoms with E-state index in [9.17, 15) is 13.2 Å². The number of ether oxygens (including phenoxy) is 1. The van der Waals surface area contributed by atoms with E-state index in [1.807, 2.05) is 11.8 Å². The Labute approximate surface area is 188 Å². The van der Waals surface area contributed by atoms with Gasteiger partial charge in [-0.2, -0.15) is 0 Å². The SMILES string of the molecule is COc1ccccc1NS(=O)(=O)c1ccc(C(=O)N2CCCC2c2ccc(C)cc2)cc1. The van der Waals surface area contributed by atoms with Crippen LogP contribution in [0.5, 0.6) is 5.75 Å². The molecule has 1 aliphatic heterocycles. The molecule has 32 heavy (non-hydrogen) atoms. The second kappa shape index (κ2) is 9.04. The van der Waals surface area contributed by atoms with Gasteiger partial charge in [-0.15, -0.1) is 0 Å². The maximum atomic E-state index is 13.2. The van der Waals surface area contributed by atoms with Gasteiger partial charge in [0.2, 0.25) is 0 Å². The Morgan fingerprint density at radius 1 is 1.00 bits per heavy atom. The van der Waals surface area contributed by atoms with E-state index in [1.165, 1.54) is 24.8 Å². The van der Waals surface area contributed by atoms with Crippen LogP contribution >= 0.6 is 0 Å². The minimum Gasteiger partial charge on any atom is -0.495 e. The molecule has 6 nitrogen and oxygen atoms in total. The van der Waals surface area contributed by atoms with Crippen LogP contribution in [-0.2, 0) is 10.0 Å². The van der Waals surface area contributed by atoms with Crippen molar-refractivity contribution in [2.75, 3.05) is 18.4 Å². The molecule has 1 atom stereocenters. The number of carbonyl (C=O) groups is 1. The fourth-order valence-electron chi connectivity index (χ4n) is 4.02. The fraction of sp³-hybridized carbons (Fsp3) is 0.240. The summed E-state index contributed by atoms with van der Waals surface area (Å²) >= 11 is 0. The Morgan fingerprint density at radius 2 is 1.69 bits per heavy atom. The molecular weight excluding hydrogens is 424 g/mol. The quantitative estimate of drug-likeness (QED) is 0.586. The van der Waals surface area contributed by atoms with Crippen LogP contribution in [0.25, 0.3) is 0 Å². The maximum Gasteiger partial charge on any atom is 0.262 e. The predicted octanol–water partition coefficient (Wildman–Crippen LogP) is 4.78. The predicted molar refractivity (Wildman–Crippen MR) is 124 cm³/mol. The van der Waals surface area contributed by atoms with E-state index in [4.69, 9.17) is 4.74 Å². The lowest BCUT2D eigenvalue weighted by molar-refractivity contribution is 0.0735. The lowest BCUT2D eigenvalue weighted by atomic mass is 10.0. The summed E-state index contributed by atoms with van der Waals surface area (Å²) in [7, 11) is -2.34. The van der Waals surface area contributed by atoms with E-state index in [1.54, 1.807) is 36.4 Å². The number of hydrogen-bond donors (Lipinski definition) is 1. The molecule has 1 unspecified atom stereocenters. The van der Waals surface area contributed by atoms with Crippen molar-refractivity contribution in [2.24, 2.45) is 0 Å². The van der Waals surface area contributed by atoms with E-state index in [0.717, 1.165) is 18.4 Å². The molecule has 1 amide bonds. The van der Waals surface area contributed by atoms with Gasteiger partial charge in [-0.25, -0.2) is 8.42 Å². The third kappa shape index (κ3) is 4.48. The zero-order valence-corrected chi connectivity index (χ0v) is 18.9. The van der Waals surface area contributed by atoms with Gasteiger partial charge in [0.25, 0.3) is 15.9 Å². The smallest absolute Gasteiger partial charge is 0.262 e. The first kappa shape index (κ1) is 21.9. The maximum absolute atomic E-state index is 13.2.